The van der Waals surface area contributed by atoms with Crippen molar-refractivity contribution >= 4 is 11.9 Å². The van der Waals surface area contributed by atoms with Gasteiger partial charge in [0.15, 0.2) is 0 Å². The Hall–Kier alpha value is -3.69. The molecule has 0 saturated heterocycles. The second-order valence-corrected chi connectivity index (χ2v) is 5.92. The van der Waals surface area contributed by atoms with Gasteiger partial charge in [-0.1, -0.05) is 30.3 Å². The smallest absolute Gasteiger partial charge is 0.475 e. The van der Waals surface area contributed by atoms with Gasteiger partial charge in [-0.3, -0.25) is 4.79 Å². The third-order valence-electron chi connectivity index (χ3n) is 3.78. The van der Waals surface area contributed by atoms with Gasteiger partial charge >= 0.3 is 12.1 Å². The highest BCUT2D eigenvalue weighted by Gasteiger charge is 2.38. The fourth-order valence-electron chi connectivity index (χ4n) is 2.37. The summed E-state index contributed by atoms with van der Waals surface area (Å²) in [5.74, 6) is -2.51. The van der Waals surface area contributed by atoms with Gasteiger partial charge in [0.25, 0.3) is 5.91 Å². The summed E-state index contributed by atoms with van der Waals surface area (Å²) in [5, 5.41) is 10.0. The van der Waals surface area contributed by atoms with E-state index in [0.717, 1.165) is 11.1 Å². The molecule has 0 spiro atoms. The molecule has 3 rings (SSSR count). The molecule has 0 unspecified atom stereocenters. The molecule has 1 heterocycles. The van der Waals surface area contributed by atoms with Crippen molar-refractivity contribution in [2.24, 2.45) is 0 Å². The van der Waals surface area contributed by atoms with Gasteiger partial charge in [-0.25, -0.2) is 14.2 Å². The summed E-state index contributed by atoms with van der Waals surface area (Å²) >= 11 is 0. The molecule has 0 aliphatic rings. The number of nitrogens with zero attached hydrogens (tertiary/aromatic N) is 1. The van der Waals surface area contributed by atoms with Gasteiger partial charge in [-0.05, 0) is 30.2 Å². The molecular formula is C20H17F4N3O3. The van der Waals surface area contributed by atoms with E-state index in [2.05, 4.69) is 15.3 Å². The number of carboxylic acids is 1. The van der Waals surface area contributed by atoms with Crippen LogP contribution in [0.5, 0.6) is 0 Å². The van der Waals surface area contributed by atoms with Gasteiger partial charge in [0.1, 0.15) is 11.6 Å². The fraction of sp³-hybridized carbons (Fsp3) is 0.150. The molecule has 0 bridgehead atoms. The standard InChI is InChI=1S/C18H16FN3O.C2HF3O2/c19-14-7-5-13(6-8-14)9-10-22-18(23)16-4-2-1-3-15(16)17-20-11-12-21-17;3-2(4,5)1(6)7/h1-8,11-12H,9-10H2,(H,20,21)(H,22,23);(H,6,7). The van der Waals surface area contributed by atoms with Gasteiger partial charge in [-0.2, -0.15) is 13.2 Å². The molecule has 0 aliphatic heterocycles. The molecule has 158 valence electrons. The maximum atomic E-state index is 12.9. The first-order valence-corrected chi connectivity index (χ1v) is 8.60. The Morgan fingerprint density at radius 2 is 1.70 bits per heavy atom. The molecule has 0 fully saturated rings. The average Bonchev–Trinajstić information content (AvgIpc) is 3.24. The molecular weight excluding hydrogens is 406 g/mol. The SMILES string of the molecule is O=C(NCCc1ccc(F)cc1)c1ccccc1-c1ncc[nH]1.O=C(O)C(F)(F)F. The van der Waals surface area contributed by atoms with Gasteiger partial charge in [0.2, 0.25) is 0 Å². The number of alkyl halides is 3. The second kappa shape index (κ2) is 10.2. The number of amides is 1. The molecule has 0 aliphatic carbocycles. The Morgan fingerprint density at radius 3 is 2.27 bits per heavy atom. The number of rotatable bonds is 5. The van der Waals surface area contributed by atoms with E-state index in [-0.39, 0.29) is 11.7 Å². The summed E-state index contributed by atoms with van der Waals surface area (Å²) in [6.07, 6.45) is -1.06. The largest absolute Gasteiger partial charge is 0.490 e. The second-order valence-electron chi connectivity index (χ2n) is 5.92. The minimum atomic E-state index is -5.08. The first-order chi connectivity index (χ1) is 14.2. The van der Waals surface area contributed by atoms with E-state index >= 15 is 0 Å². The molecule has 2 aromatic carbocycles. The molecule has 1 aromatic heterocycles. The zero-order valence-electron chi connectivity index (χ0n) is 15.4. The lowest BCUT2D eigenvalue weighted by Gasteiger charge is -2.09. The topological polar surface area (TPSA) is 95.1 Å². The summed E-state index contributed by atoms with van der Waals surface area (Å²) in [4.78, 5) is 28.5. The van der Waals surface area contributed by atoms with Crippen LogP contribution in [0.25, 0.3) is 11.4 Å². The van der Waals surface area contributed by atoms with Crippen LogP contribution in [-0.2, 0) is 11.2 Å². The number of imidazole rings is 1. The van der Waals surface area contributed by atoms with Crippen molar-refractivity contribution in [2.75, 3.05) is 6.54 Å². The number of H-pyrrole nitrogens is 1. The molecule has 3 N–H and O–H groups in total. The highest BCUT2D eigenvalue weighted by molar-refractivity contribution is 6.00. The van der Waals surface area contributed by atoms with Crippen LogP contribution in [0.4, 0.5) is 17.6 Å². The first-order valence-electron chi connectivity index (χ1n) is 8.60. The zero-order chi connectivity index (χ0) is 22.1. The van der Waals surface area contributed by atoms with E-state index in [9.17, 15) is 22.4 Å². The number of aromatic amines is 1. The van der Waals surface area contributed by atoms with E-state index in [1.165, 1.54) is 12.1 Å². The molecule has 0 radical (unpaired) electrons. The van der Waals surface area contributed by atoms with Crippen molar-refractivity contribution in [3.05, 3.63) is 77.9 Å². The number of nitrogens with one attached hydrogen (secondary N) is 2. The Labute approximate surface area is 168 Å². The Bertz CT molecular complexity index is 972. The van der Waals surface area contributed by atoms with Crippen molar-refractivity contribution in [2.45, 2.75) is 12.6 Å². The Morgan fingerprint density at radius 1 is 1.07 bits per heavy atom. The maximum Gasteiger partial charge on any atom is 0.490 e. The van der Waals surface area contributed by atoms with Crippen LogP contribution in [0.15, 0.2) is 60.9 Å². The third kappa shape index (κ3) is 6.73. The molecule has 3 aromatic rings. The van der Waals surface area contributed by atoms with Crippen LogP contribution in [0.2, 0.25) is 0 Å². The van der Waals surface area contributed by atoms with Crippen molar-refractivity contribution in [3.8, 4) is 11.4 Å². The first kappa shape index (κ1) is 22.6. The summed E-state index contributed by atoms with van der Waals surface area (Å²) in [6, 6.07) is 13.6. The van der Waals surface area contributed by atoms with E-state index in [4.69, 9.17) is 9.90 Å². The molecule has 6 nitrogen and oxygen atoms in total. The lowest BCUT2D eigenvalue weighted by molar-refractivity contribution is -0.192. The Balaban J connectivity index is 0.000000396. The number of hydrogen-bond donors (Lipinski definition) is 3. The minimum absolute atomic E-state index is 0.154. The van der Waals surface area contributed by atoms with Gasteiger partial charge in [0.05, 0.1) is 5.56 Å². The quantitative estimate of drug-likeness (QED) is 0.544. The zero-order valence-corrected chi connectivity index (χ0v) is 15.4. The number of carbonyl (C=O) groups is 2. The van der Waals surface area contributed by atoms with Gasteiger partial charge < -0.3 is 15.4 Å². The Kier molecular flexibility index (Phi) is 7.68. The van der Waals surface area contributed by atoms with Crippen molar-refractivity contribution in [1.29, 1.82) is 0 Å². The monoisotopic (exact) mass is 423 g/mol. The van der Waals surface area contributed by atoms with Crippen LogP contribution in [0.1, 0.15) is 15.9 Å². The summed E-state index contributed by atoms with van der Waals surface area (Å²) in [6.45, 7) is 0.483. The van der Waals surface area contributed by atoms with Gasteiger partial charge in [0, 0.05) is 24.5 Å². The minimum Gasteiger partial charge on any atom is -0.475 e. The lowest BCUT2D eigenvalue weighted by Crippen LogP contribution is -2.26. The van der Waals surface area contributed by atoms with Crippen LogP contribution in [0, 0.1) is 5.82 Å². The van der Waals surface area contributed by atoms with Gasteiger partial charge in [-0.15, -0.1) is 0 Å². The summed E-state index contributed by atoms with van der Waals surface area (Å²) in [7, 11) is 0. The average molecular weight is 423 g/mol. The molecule has 0 saturated carbocycles. The summed E-state index contributed by atoms with van der Waals surface area (Å²) in [5.41, 5.74) is 2.31. The van der Waals surface area contributed by atoms with E-state index in [1.807, 2.05) is 18.2 Å². The van der Waals surface area contributed by atoms with E-state index in [0.29, 0.717) is 24.4 Å². The lowest BCUT2D eigenvalue weighted by atomic mass is 10.1. The number of carbonyl (C=O) groups excluding carboxylic acids is 1. The normalized spacial score (nSPS) is 10.7. The molecule has 30 heavy (non-hydrogen) atoms. The van der Waals surface area contributed by atoms with E-state index < -0.39 is 12.1 Å². The number of carboxylic acid groups (broad SMARTS) is 1. The molecule has 0 atom stereocenters. The van der Waals surface area contributed by atoms with Crippen LogP contribution < -0.4 is 5.32 Å². The maximum absolute atomic E-state index is 12.9. The van der Waals surface area contributed by atoms with Crippen LogP contribution in [-0.4, -0.2) is 39.7 Å². The van der Waals surface area contributed by atoms with Crippen molar-refractivity contribution < 1.29 is 32.3 Å². The fourth-order valence-corrected chi connectivity index (χ4v) is 2.37. The van der Waals surface area contributed by atoms with Crippen molar-refractivity contribution in [1.82, 2.24) is 15.3 Å². The van der Waals surface area contributed by atoms with Crippen LogP contribution in [0.3, 0.4) is 0 Å². The predicted octanol–water partition coefficient (Wildman–Crippen LogP) is 3.82. The number of benzene rings is 2. The predicted molar refractivity (Wildman–Crippen MR) is 100 cm³/mol. The number of hydrogen-bond acceptors (Lipinski definition) is 3. The van der Waals surface area contributed by atoms with E-state index in [1.54, 1.807) is 30.6 Å². The summed E-state index contributed by atoms with van der Waals surface area (Å²) < 4.78 is 44.6. The number of aromatic nitrogens is 2. The number of halogens is 4. The molecule has 1 amide bonds. The highest BCUT2D eigenvalue weighted by Crippen LogP contribution is 2.19. The van der Waals surface area contributed by atoms with Crippen molar-refractivity contribution in [3.63, 3.8) is 0 Å². The van der Waals surface area contributed by atoms with Crippen LogP contribution >= 0.6 is 0 Å². The highest BCUT2D eigenvalue weighted by atomic mass is 19.4. The molecule has 10 heteroatoms. The third-order valence-corrected chi connectivity index (χ3v) is 3.78. The number of aliphatic carboxylic acids is 1.